The normalized spacial score (nSPS) is 11.5. The molecule has 1 aromatic heterocycles. The molecule has 1 heterocycles. The summed E-state index contributed by atoms with van der Waals surface area (Å²) in [7, 11) is -3.93. The molecule has 0 saturated carbocycles. The first-order valence-corrected chi connectivity index (χ1v) is 10.5. The molecule has 26 heavy (non-hydrogen) atoms. The van der Waals surface area contributed by atoms with Gasteiger partial charge in [-0.2, -0.15) is 5.10 Å². The maximum Gasteiger partial charge on any atom is 0.264 e. The van der Waals surface area contributed by atoms with Crippen LogP contribution < -0.4 is 4.72 Å². The zero-order valence-electron chi connectivity index (χ0n) is 13.6. The Kier molecular flexibility index (Phi) is 5.62. The van der Waals surface area contributed by atoms with Crippen LogP contribution in [0.25, 0.3) is 0 Å². The quantitative estimate of drug-likeness (QED) is 0.558. The van der Waals surface area contributed by atoms with Crippen molar-refractivity contribution in [2.45, 2.75) is 18.4 Å². The Morgan fingerprint density at radius 1 is 1.15 bits per heavy atom. The third kappa shape index (κ3) is 4.40. The Morgan fingerprint density at radius 2 is 1.85 bits per heavy atom. The topological polar surface area (TPSA) is 64.0 Å². The lowest BCUT2D eigenvalue weighted by atomic mass is 10.1. The first-order chi connectivity index (χ1) is 12.2. The molecule has 136 valence electrons. The van der Waals surface area contributed by atoms with Crippen molar-refractivity contribution < 1.29 is 8.42 Å². The summed E-state index contributed by atoms with van der Waals surface area (Å²) in [6.45, 7) is 2.53. The smallest absolute Gasteiger partial charge is 0.264 e. The van der Waals surface area contributed by atoms with Gasteiger partial charge in [0, 0.05) is 11.2 Å². The molecule has 2 aromatic carbocycles. The second-order valence-corrected chi connectivity index (χ2v) is 9.04. The number of rotatable bonds is 5. The summed E-state index contributed by atoms with van der Waals surface area (Å²) in [5, 5.41) is 4.65. The highest BCUT2D eigenvalue weighted by atomic mass is 79.9. The van der Waals surface area contributed by atoms with E-state index >= 15 is 0 Å². The minimum atomic E-state index is -3.93. The number of nitrogens with one attached hydrogen (secondary N) is 1. The number of halogens is 3. The molecule has 0 fully saturated rings. The van der Waals surface area contributed by atoms with Crippen molar-refractivity contribution in [1.82, 2.24) is 9.78 Å². The highest BCUT2D eigenvalue weighted by Gasteiger charge is 2.21. The van der Waals surface area contributed by atoms with Crippen LogP contribution in [-0.2, 0) is 16.6 Å². The van der Waals surface area contributed by atoms with Crippen LogP contribution >= 0.6 is 39.1 Å². The third-order valence-electron chi connectivity index (χ3n) is 3.60. The van der Waals surface area contributed by atoms with E-state index in [1.165, 1.54) is 23.8 Å². The van der Waals surface area contributed by atoms with E-state index in [0.29, 0.717) is 11.0 Å². The van der Waals surface area contributed by atoms with Gasteiger partial charge < -0.3 is 0 Å². The zero-order chi connectivity index (χ0) is 18.9. The number of hydrogen-bond donors (Lipinski definition) is 1. The Labute approximate surface area is 170 Å². The molecule has 0 saturated heterocycles. The standard InChI is InChI=1S/C17H14BrCl2N3O2S/c1-11-2-4-12(5-3-11)9-23-10-14(18)17(21-23)22-26(24,25)16-8-13(19)6-7-15(16)20/h2-8,10H,9H2,1H3,(H,21,22). The van der Waals surface area contributed by atoms with Crippen LogP contribution in [0.1, 0.15) is 11.1 Å². The fourth-order valence-electron chi connectivity index (χ4n) is 2.29. The van der Waals surface area contributed by atoms with Crippen LogP contribution in [0.2, 0.25) is 10.0 Å². The number of aromatic nitrogens is 2. The molecule has 3 aromatic rings. The van der Waals surface area contributed by atoms with Crippen LogP contribution in [0.3, 0.4) is 0 Å². The molecule has 0 aliphatic heterocycles. The molecule has 0 aliphatic rings. The van der Waals surface area contributed by atoms with Crippen LogP contribution in [0.15, 0.2) is 58.0 Å². The molecule has 0 bridgehead atoms. The van der Waals surface area contributed by atoms with Gasteiger partial charge in [-0.1, -0.05) is 53.0 Å². The average Bonchev–Trinajstić information content (AvgIpc) is 2.90. The molecular weight excluding hydrogens is 461 g/mol. The predicted octanol–water partition coefficient (Wildman–Crippen LogP) is 5.11. The fourth-order valence-corrected chi connectivity index (χ4v) is 4.62. The molecule has 0 unspecified atom stereocenters. The van der Waals surface area contributed by atoms with Crippen molar-refractivity contribution in [3.05, 3.63) is 74.3 Å². The summed E-state index contributed by atoms with van der Waals surface area (Å²) in [5.74, 6) is 0.174. The monoisotopic (exact) mass is 473 g/mol. The van der Waals surface area contributed by atoms with Gasteiger partial charge in [0.05, 0.1) is 16.0 Å². The van der Waals surface area contributed by atoms with E-state index in [1.54, 1.807) is 10.9 Å². The second kappa shape index (κ2) is 7.60. The molecule has 9 heteroatoms. The number of anilines is 1. The summed E-state index contributed by atoms with van der Waals surface area (Å²) in [6.07, 6.45) is 1.71. The van der Waals surface area contributed by atoms with Crippen molar-refractivity contribution in [2.75, 3.05) is 4.72 Å². The van der Waals surface area contributed by atoms with Gasteiger partial charge in [0.15, 0.2) is 5.82 Å². The molecule has 3 rings (SSSR count). The van der Waals surface area contributed by atoms with Crippen LogP contribution in [-0.4, -0.2) is 18.2 Å². The first-order valence-electron chi connectivity index (χ1n) is 7.51. The van der Waals surface area contributed by atoms with Gasteiger partial charge in [0.2, 0.25) is 0 Å². The van der Waals surface area contributed by atoms with Crippen LogP contribution in [0.5, 0.6) is 0 Å². The van der Waals surface area contributed by atoms with E-state index in [0.717, 1.165) is 5.56 Å². The van der Waals surface area contributed by atoms with Gasteiger partial charge in [-0.05, 0) is 46.6 Å². The van der Waals surface area contributed by atoms with Crippen molar-refractivity contribution in [2.24, 2.45) is 0 Å². The van der Waals surface area contributed by atoms with Crippen LogP contribution in [0.4, 0.5) is 5.82 Å². The average molecular weight is 475 g/mol. The van der Waals surface area contributed by atoms with Gasteiger partial charge in [0.25, 0.3) is 10.0 Å². The maximum atomic E-state index is 12.6. The lowest BCUT2D eigenvalue weighted by molar-refractivity contribution is 0.600. The van der Waals surface area contributed by atoms with Gasteiger partial charge in [0.1, 0.15) is 4.90 Å². The molecular formula is C17H14BrCl2N3O2S. The molecule has 0 spiro atoms. The van der Waals surface area contributed by atoms with E-state index in [4.69, 9.17) is 23.2 Å². The Morgan fingerprint density at radius 3 is 2.54 bits per heavy atom. The largest absolute Gasteiger partial charge is 0.265 e. The number of hydrogen-bond acceptors (Lipinski definition) is 3. The Hall–Kier alpha value is -1.54. The van der Waals surface area contributed by atoms with Crippen LogP contribution in [0, 0.1) is 6.92 Å². The summed E-state index contributed by atoms with van der Waals surface area (Å²) in [6, 6.07) is 12.3. The zero-order valence-corrected chi connectivity index (χ0v) is 17.5. The molecule has 5 nitrogen and oxygen atoms in total. The summed E-state index contributed by atoms with van der Waals surface area (Å²) in [4.78, 5) is -0.105. The number of sulfonamides is 1. The van der Waals surface area contributed by atoms with Gasteiger partial charge in [-0.3, -0.25) is 9.40 Å². The van der Waals surface area contributed by atoms with E-state index in [2.05, 4.69) is 25.8 Å². The van der Waals surface area contributed by atoms with Crippen molar-refractivity contribution >= 4 is 55.0 Å². The Balaban J connectivity index is 1.85. The summed E-state index contributed by atoms with van der Waals surface area (Å²) >= 11 is 15.2. The van der Waals surface area contributed by atoms with E-state index in [-0.39, 0.29) is 20.8 Å². The summed E-state index contributed by atoms with van der Waals surface area (Å²) < 4.78 is 29.8. The SMILES string of the molecule is Cc1ccc(Cn2cc(Br)c(NS(=O)(=O)c3cc(Cl)ccc3Cl)n2)cc1. The number of aryl methyl sites for hydroxylation is 1. The first kappa shape index (κ1) is 19.2. The van der Waals surface area contributed by atoms with Crippen molar-refractivity contribution in [3.63, 3.8) is 0 Å². The van der Waals surface area contributed by atoms with Crippen molar-refractivity contribution in [3.8, 4) is 0 Å². The molecule has 0 aliphatic carbocycles. The van der Waals surface area contributed by atoms with Crippen molar-refractivity contribution in [1.29, 1.82) is 0 Å². The molecule has 1 N–H and O–H groups in total. The van der Waals surface area contributed by atoms with E-state index in [1.807, 2.05) is 31.2 Å². The summed E-state index contributed by atoms with van der Waals surface area (Å²) in [5.41, 5.74) is 2.22. The predicted molar refractivity (Wildman–Crippen MR) is 107 cm³/mol. The fraction of sp³-hybridized carbons (Fsp3) is 0.118. The Bertz CT molecular complexity index is 1050. The van der Waals surface area contributed by atoms with E-state index < -0.39 is 10.0 Å². The number of nitrogens with zero attached hydrogens (tertiary/aromatic N) is 2. The second-order valence-electron chi connectivity index (χ2n) is 5.69. The lowest BCUT2D eigenvalue weighted by Crippen LogP contribution is -2.14. The third-order valence-corrected chi connectivity index (χ3v) is 6.23. The lowest BCUT2D eigenvalue weighted by Gasteiger charge is -2.08. The molecule has 0 radical (unpaired) electrons. The minimum absolute atomic E-state index is 0.0807. The van der Waals surface area contributed by atoms with Gasteiger partial charge >= 0.3 is 0 Å². The minimum Gasteiger partial charge on any atom is -0.265 e. The van der Waals surface area contributed by atoms with E-state index in [9.17, 15) is 8.42 Å². The van der Waals surface area contributed by atoms with Gasteiger partial charge in [-0.15, -0.1) is 0 Å². The molecule has 0 amide bonds. The highest BCUT2D eigenvalue weighted by Crippen LogP contribution is 2.29. The highest BCUT2D eigenvalue weighted by molar-refractivity contribution is 9.10. The van der Waals surface area contributed by atoms with Gasteiger partial charge in [-0.25, -0.2) is 8.42 Å². The maximum absolute atomic E-state index is 12.6. The number of benzene rings is 2. The molecule has 0 atom stereocenters.